The van der Waals surface area contributed by atoms with E-state index in [9.17, 15) is 9.59 Å². The zero-order chi connectivity index (χ0) is 16.8. The summed E-state index contributed by atoms with van der Waals surface area (Å²) in [5, 5.41) is 5.57. The Labute approximate surface area is 135 Å². The van der Waals surface area contributed by atoms with Gasteiger partial charge in [-0.3, -0.25) is 14.5 Å². The summed E-state index contributed by atoms with van der Waals surface area (Å²) in [4.78, 5) is 25.2. The van der Waals surface area contributed by atoms with Gasteiger partial charge in [0.2, 0.25) is 5.91 Å². The Kier molecular flexibility index (Phi) is 5.54. The molecule has 0 fully saturated rings. The van der Waals surface area contributed by atoms with Crippen molar-refractivity contribution in [3.8, 4) is 0 Å². The van der Waals surface area contributed by atoms with Crippen molar-refractivity contribution in [3.05, 3.63) is 54.0 Å². The first-order chi connectivity index (χ1) is 11.0. The van der Waals surface area contributed by atoms with E-state index in [0.717, 1.165) is 5.76 Å². The van der Waals surface area contributed by atoms with Gasteiger partial charge in [0, 0.05) is 24.7 Å². The number of carbonyl (C=O) groups is 2. The summed E-state index contributed by atoms with van der Waals surface area (Å²) in [5.41, 5.74) is 1.20. The molecular formula is C17H21N3O3. The Morgan fingerprint density at radius 2 is 1.87 bits per heavy atom. The number of nitrogens with one attached hydrogen (secondary N) is 2. The van der Waals surface area contributed by atoms with Crippen molar-refractivity contribution in [3.63, 3.8) is 0 Å². The standard InChI is InChI=1S/C17H21N3O3/c1-12(21)19-14-8-6-13(7-9-14)17(22)18-11-15(20(2)3)16-5-4-10-23-16/h4-10,15H,11H2,1-3H3,(H,18,22)(H,19,21). The fraction of sp³-hybridized carbons (Fsp3) is 0.294. The number of nitrogens with zero attached hydrogens (tertiary/aromatic N) is 1. The molecule has 1 atom stereocenters. The third-order valence-electron chi connectivity index (χ3n) is 3.42. The molecule has 2 N–H and O–H groups in total. The first-order valence-electron chi connectivity index (χ1n) is 7.33. The smallest absolute Gasteiger partial charge is 0.251 e. The molecule has 122 valence electrons. The van der Waals surface area contributed by atoms with Crippen molar-refractivity contribution < 1.29 is 14.0 Å². The zero-order valence-corrected chi connectivity index (χ0v) is 13.5. The number of rotatable bonds is 6. The number of hydrogen-bond acceptors (Lipinski definition) is 4. The van der Waals surface area contributed by atoms with Gasteiger partial charge in [0.15, 0.2) is 0 Å². The van der Waals surface area contributed by atoms with Crippen LogP contribution in [0.4, 0.5) is 5.69 Å². The van der Waals surface area contributed by atoms with Crippen LogP contribution in [-0.2, 0) is 4.79 Å². The molecule has 1 unspecified atom stereocenters. The molecule has 1 heterocycles. The van der Waals surface area contributed by atoms with Gasteiger partial charge in [-0.1, -0.05) is 0 Å². The first kappa shape index (κ1) is 16.8. The first-order valence-corrected chi connectivity index (χ1v) is 7.33. The monoisotopic (exact) mass is 315 g/mol. The molecule has 6 heteroatoms. The SMILES string of the molecule is CC(=O)Nc1ccc(C(=O)NCC(c2ccco2)N(C)C)cc1. The van der Waals surface area contributed by atoms with Crippen molar-refractivity contribution in [1.82, 2.24) is 10.2 Å². The van der Waals surface area contributed by atoms with Gasteiger partial charge in [0.05, 0.1) is 12.3 Å². The van der Waals surface area contributed by atoms with Gasteiger partial charge in [-0.05, 0) is 50.5 Å². The fourth-order valence-electron chi connectivity index (χ4n) is 2.22. The number of furan rings is 1. The Hall–Kier alpha value is -2.60. The van der Waals surface area contributed by atoms with Crippen molar-refractivity contribution in [2.75, 3.05) is 26.0 Å². The highest BCUT2D eigenvalue weighted by atomic mass is 16.3. The molecule has 1 aromatic heterocycles. The van der Waals surface area contributed by atoms with Crippen LogP contribution in [0.2, 0.25) is 0 Å². The molecule has 2 amide bonds. The topological polar surface area (TPSA) is 74.6 Å². The highest BCUT2D eigenvalue weighted by molar-refractivity contribution is 5.95. The van der Waals surface area contributed by atoms with Crippen molar-refractivity contribution in [2.24, 2.45) is 0 Å². The number of hydrogen-bond donors (Lipinski definition) is 2. The van der Waals surface area contributed by atoms with Gasteiger partial charge in [-0.2, -0.15) is 0 Å². The lowest BCUT2D eigenvalue weighted by molar-refractivity contribution is -0.114. The average Bonchev–Trinajstić information content (AvgIpc) is 3.01. The van der Waals surface area contributed by atoms with E-state index in [1.165, 1.54) is 6.92 Å². The molecule has 0 bridgehead atoms. The maximum Gasteiger partial charge on any atom is 0.251 e. The van der Waals surface area contributed by atoms with Crippen LogP contribution in [0.5, 0.6) is 0 Å². The van der Waals surface area contributed by atoms with E-state index in [1.807, 2.05) is 31.1 Å². The average molecular weight is 315 g/mol. The van der Waals surface area contributed by atoms with Crippen LogP contribution >= 0.6 is 0 Å². The van der Waals surface area contributed by atoms with Gasteiger partial charge < -0.3 is 15.1 Å². The van der Waals surface area contributed by atoms with Gasteiger partial charge in [-0.15, -0.1) is 0 Å². The predicted octanol–water partition coefficient (Wildman–Crippen LogP) is 2.27. The van der Waals surface area contributed by atoms with E-state index in [4.69, 9.17) is 4.42 Å². The van der Waals surface area contributed by atoms with Crippen LogP contribution in [-0.4, -0.2) is 37.4 Å². The van der Waals surface area contributed by atoms with Crippen LogP contribution in [0, 0.1) is 0 Å². The maximum atomic E-state index is 12.2. The molecule has 0 saturated heterocycles. The number of likely N-dealkylation sites (N-methyl/N-ethyl adjacent to an activating group) is 1. The van der Waals surface area contributed by atoms with Crippen molar-refractivity contribution >= 4 is 17.5 Å². The number of amides is 2. The van der Waals surface area contributed by atoms with Gasteiger partial charge in [0.25, 0.3) is 5.91 Å². The van der Waals surface area contributed by atoms with Gasteiger partial charge in [-0.25, -0.2) is 0 Å². The number of anilines is 1. The predicted molar refractivity (Wildman–Crippen MR) is 88.2 cm³/mol. The summed E-state index contributed by atoms with van der Waals surface area (Å²) in [6.45, 7) is 1.88. The van der Waals surface area contributed by atoms with Gasteiger partial charge >= 0.3 is 0 Å². The summed E-state index contributed by atoms with van der Waals surface area (Å²) < 4.78 is 5.41. The van der Waals surface area contributed by atoms with Crippen LogP contribution in [0.3, 0.4) is 0 Å². The Morgan fingerprint density at radius 3 is 2.39 bits per heavy atom. The van der Waals surface area contributed by atoms with Gasteiger partial charge in [0.1, 0.15) is 5.76 Å². The van der Waals surface area contributed by atoms with E-state index < -0.39 is 0 Å². The highest BCUT2D eigenvalue weighted by Gasteiger charge is 2.18. The second-order valence-corrected chi connectivity index (χ2v) is 5.46. The second kappa shape index (κ2) is 7.60. The molecule has 0 spiro atoms. The molecule has 2 aromatic rings. The Bertz CT molecular complexity index is 648. The fourth-order valence-corrected chi connectivity index (χ4v) is 2.22. The molecule has 0 aliphatic rings. The largest absolute Gasteiger partial charge is 0.468 e. The summed E-state index contributed by atoms with van der Waals surface area (Å²) in [7, 11) is 3.86. The normalized spacial score (nSPS) is 12.0. The lowest BCUT2D eigenvalue weighted by Crippen LogP contribution is -2.34. The van der Waals surface area contributed by atoms with E-state index in [1.54, 1.807) is 30.5 Å². The minimum absolute atomic E-state index is 0.0346. The lowest BCUT2D eigenvalue weighted by Gasteiger charge is -2.22. The quantitative estimate of drug-likeness (QED) is 0.857. The summed E-state index contributed by atoms with van der Waals surface area (Å²) in [6, 6.07) is 10.4. The van der Waals surface area contributed by atoms with Crippen LogP contribution in [0.15, 0.2) is 47.1 Å². The van der Waals surface area contributed by atoms with E-state index in [2.05, 4.69) is 10.6 Å². The molecule has 1 aromatic carbocycles. The second-order valence-electron chi connectivity index (χ2n) is 5.46. The number of benzene rings is 1. The Balaban J connectivity index is 1.97. The van der Waals surface area contributed by atoms with E-state index >= 15 is 0 Å². The van der Waals surface area contributed by atoms with Crippen molar-refractivity contribution in [2.45, 2.75) is 13.0 Å². The third kappa shape index (κ3) is 4.69. The highest BCUT2D eigenvalue weighted by Crippen LogP contribution is 2.18. The molecule has 2 rings (SSSR count). The molecule has 0 radical (unpaired) electrons. The molecule has 6 nitrogen and oxygen atoms in total. The number of carbonyl (C=O) groups excluding carboxylic acids is 2. The molecule has 0 saturated carbocycles. The molecule has 23 heavy (non-hydrogen) atoms. The zero-order valence-electron chi connectivity index (χ0n) is 13.5. The minimum Gasteiger partial charge on any atom is -0.468 e. The summed E-state index contributed by atoms with van der Waals surface area (Å²) in [5.74, 6) is 0.489. The maximum absolute atomic E-state index is 12.2. The third-order valence-corrected chi connectivity index (χ3v) is 3.42. The molecule has 0 aliphatic carbocycles. The minimum atomic E-state index is -0.169. The van der Waals surface area contributed by atoms with Crippen LogP contribution in [0.25, 0.3) is 0 Å². The van der Waals surface area contributed by atoms with E-state index in [0.29, 0.717) is 17.8 Å². The Morgan fingerprint density at radius 1 is 1.17 bits per heavy atom. The molecular weight excluding hydrogens is 294 g/mol. The van der Waals surface area contributed by atoms with Crippen molar-refractivity contribution in [1.29, 1.82) is 0 Å². The summed E-state index contributed by atoms with van der Waals surface area (Å²) >= 11 is 0. The van der Waals surface area contributed by atoms with Crippen LogP contribution in [0.1, 0.15) is 29.1 Å². The van der Waals surface area contributed by atoms with E-state index in [-0.39, 0.29) is 17.9 Å². The molecule has 0 aliphatic heterocycles. The lowest BCUT2D eigenvalue weighted by atomic mass is 10.1. The summed E-state index contributed by atoms with van der Waals surface area (Å²) in [6.07, 6.45) is 1.62. The van der Waals surface area contributed by atoms with Crippen LogP contribution < -0.4 is 10.6 Å².